The SMILES string of the molecule is CC(C)(O)O.CCCCCCCCCCCCCCCC(COP(OCC1(C#N)CCC(c2ccc3n2NCN=C3N)O1)Oc1ccccc1Cl)OCc1cc(F)cc(C#N)c1. The van der Waals surface area contributed by atoms with E-state index in [1.54, 1.807) is 30.3 Å². The molecule has 0 radical (unpaired) electrons. The predicted octanol–water partition coefficient (Wildman–Crippen LogP) is 10.6. The zero-order chi connectivity index (χ0) is 44.8. The zero-order valence-electron chi connectivity index (χ0n) is 36.5. The van der Waals surface area contributed by atoms with Gasteiger partial charge in [-0.2, -0.15) is 10.5 Å². The first-order valence-electron chi connectivity index (χ1n) is 21.9. The lowest BCUT2D eigenvalue weighted by atomic mass is 10.0. The second kappa shape index (κ2) is 26.7. The highest BCUT2D eigenvalue weighted by atomic mass is 35.5. The van der Waals surface area contributed by atoms with Gasteiger partial charge in [0.05, 0.1) is 48.3 Å². The van der Waals surface area contributed by atoms with Gasteiger partial charge in [-0.3, -0.25) is 13.7 Å². The Balaban J connectivity index is 0.00000160. The van der Waals surface area contributed by atoms with Crippen LogP contribution in [0.4, 0.5) is 4.39 Å². The largest absolute Gasteiger partial charge is 0.425 e. The van der Waals surface area contributed by atoms with Crippen LogP contribution in [0.15, 0.2) is 59.6 Å². The first kappa shape index (κ1) is 50.8. The molecular formula is C46H65ClFN6O7P. The van der Waals surface area contributed by atoms with E-state index in [1.807, 2.05) is 22.9 Å². The highest BCUT2D eigenvalue weighted by molar-refractivity contribution is 7.42. The van der Waals surface area contributed by atoms with Crippen LogP contribution < -0.4 is 15.7 Å². The number of hydrogen-bond donors (Lipinski definition) is 4. The maximum atomic E-state index is 14.3. The van der Waals surface area contributed by atoms with E-state index in [9.17, 15) is 14.9 Å². The lowest BCUT2D eigenvalue weighted by Gasteiger charge is -2.26. The molecule has 4 atom stereocenters. The Hall–Kier alpha value is -3.82. The van der Waals surface area contributed by atoms with E-state index in [1.165, 1.54) is 90.2 Å². The molecule has 1 fully saturated rings. The van der Waals surface area contributed by atoms with Crippen molar-refractivity contribution in [3.63, 3.8) is 0 Å². The van der Waals surface area contributed by atoms with Gasteiger partial charge in [-0.15, -0.1) is 0 Å². The molecule has 2 aromatic carbocycles. The molecule has 340 valence electrons. The average Bonchev–Trinajstić information content (AvgIpc) is 3.88. The third-order valence-electron chi connectivity index (χ3n) is 10.3. The van der Waals surface area contributed by atoms with Crippen LogP contribution in [0.3, 0.4) is 0 Å². The molecule has 5 rings (SSSR count). The van der Waals surface area contributed by atoms with Crippen molar-refractivity contribution in [1.29, 1.82) is 10.5 Å². The molecule has 0 spiro atoms. The number of nitrogens with two attached hydrogens (primary N) is 1. The van der Waals surface area contributed by atoms with Crippen LogP contribution in [0.2, 0.25) is 5.02 Å². The zero-order valence-corrected chi connectivity index (χ0v) is 38.1. The number of aliphatic imine (C=N–C) groups is 1. The van der Waals surface area contributed by atoms with Crippen LogP contribution in [0, 0.1) is 28.5 Å². The van der Waals surface area contributed by atoms with E-state index in [4.69, 9.17) is 50.6 Å². The fourth-order valence-electron chi connectivity index (χ4n) is 7.14. The molecule has 0 saturated carbocycles. The molecule has 1 aromatic heterocycles. The molecule has 62 heavy (non-hydrogen) atoms. The van der Waals surface area contributed by atoms with Crippen molar-refractivity contribution in [3.05, 3.63) is 88.0 Å². The number of halogens is 2. The number of fused-ring (bicyclic) bond motifs is 1. The van der Waals surface area contributed by atoms with Crippen LogP contribution in [-0.4, -0.2) is 58.1 Å². The Labute approximate surface area is 373 Å². The number of nitrogens with zero attached hydrogens (tertiary/aromatic N) is 4. The van der Waals surface area contributed by atoms with E-state index in [-0.39, 0.29) is 37.6 Å². The summed E-state index contributed by atoms with van der Waals surface area (Å²) < 4.78 is 47.6. The summed E-state index contributed by atoms with van der Waals surface area (Å²) in [5.41, 5.74) is 10.4. The quantitative estimate of drug-likeness (QED) is 0.0341. The fraction of sp³-hybridized carbons (Fsp3) is 0.587. The number of ether oxygens (including phenoxy) is 2. The molecule has 1 saturated heterocycles. The molecule has 2 aliphatic heterocycles. The number of hydrogen-bond acceptors (Lipinski definition) is 12. The van der Waals surface area contributed by atoms with Gasteiger partial charge in [0, 0.05) is 0 Å². The minimum atomic E-state index is -2.08. The molecular weight excluding hydrogens is 834 g/mol. The molecule has 2 aliphatic rings. The number of para-hydroxylation sites is 1. The smallest absolute Gasteiger partial charge is 0.397 e. The maximum Gasteiger partial charge on any atom is 0.397 e. The van der Waals surface area contributed by atoms with Crippen molar-refractivity contribution >= 4 is 26.0 Å². The Morgan fingerprint density at radius 3 is 2.31 bits per heavy atom. The highest BCUT2D eigenvalue weighted by Crippen LogP contribution is 2.47. The molecule has 0 aliphatic carbocycles. The monoisotopic (exact) mass is 898 g/mol. The van der Waals surface area contributed by atoms with Gasteiger partial charge in [-0.1, -0.05) is 114 Å². The number of benzene rings is 2. The summed E-state index contributed by atoms with van der Waals surface area (Å²) >= 11 is 6.47. The topological polar surface area (TPSA) is 190 Å². The number of aliphatic hydroxyl groups is 2. The van der Waals surface area contributed by atoms with Gasteiger partial charge < -0.3 is 35.4 Å². The van der Waals surface area contributed by atoms with Crippen molar-refractivity contribution in [2.24, 2.45) is 10.7 Å². The van der Waals surface area contributed by atoms with E-state index in [0.717, 1.165) is 30.7 Å². The average molecular weight is 899 g/mol. The van der Waals surface area contributed by atoms with E-state index in [0.29, 0.717) is 48.1 Å². The van der Waals surface area contributed by atoms with Crippen LogP contribution in [0.5, 0.6) is 5.75 Å². The molecule has 3 heterocycles. The molecule has 13 nitrogen and oxygen atoms in total. The number of rotatable bonds is 26. The third kappa shape index (κ3) is 18.1. The number of unbranched alkanes of at least 4 members (excludes halogenated alkanes) is 12. The van der Waals surface area contributed by atoms with Crippen molar-refractivity contribution in [3.8, 4) is 17.9 Å². The number of nitrogens with one attached hydrogen (secondary N) is 1. The summed E-state index contributed by atoms with van der Waals surface area (Å²) in [6.45, 7) is 5.30. The van der Waals surface area contributed by atoms with Crippen molar-refractivity contribution in [2.75, 3.05) is 25.3 Å². The van der Waals surface area contributed by atoms with Gasteiger partial charge in [-0.05, 0) is 81.1 Å². The van der Waals surface area contributed by atoms with Crippen LogP contribution >= 0.6 is 20.2 Å². The van der Waals surface area contributed by atoms with Gasteiger partial charge in [0.2, 0.25) is 0 Å². The lowest BCUT2D eigenvalue weighted by Crippen LogP contribution is -2.34. The van der Waals surface area contributed by atoms with Gasteiger partial charge in [0.1, 0.15) is 41.9 Å². The number of nitriles is 2. The lowest BCUT2D eigenvalue weighted by molar-refractivity contribution is -0.127. The van der Waals surface area contributed by atoms with Crippen molar-refractivity contribution in [1.82, 2.24) is 4.68 Å². The minimum absolute atomic E-state index is 0.103. The molecule has 4 unspecified atom stereocenters. The fourth-order valence-corrected chi connectivity index (χ4v) is 8.47. The Kier molecular flexibility index (Phi) is 21.9. The second-order valence-electron chi connectivity index (χ2n) is 16.3. The summed E-state index contributed by atoms with van der Waals surface area (Å²) in [6, 6.07) is 19.4. The normalized spacial score (nSPS) is 18.0. The Morgan fingerprint density at radius 1 is 1.00 bits per heavy atom. The van der Waals surface area contributed by atoms with Gasteiger partial charge >= 0.3 is 8.60 Å². The summed E-state index contributed by atoms with van der Waals surface area (Å²) in [4.78, 5) is 4.24. The van der Waals surface area contributed by atoms with Crippen molar-refractivity contribution in [2.45, 2.75) is 154 Å². The number of aromatic nitrogens is 1. The first-order valence-corrected chi connectivity index (χ1v) is 23.4. The van der Waals surface area contributed by atoms with Crippen LogP contribution in [0.1, 0.15) is 152 Å². The highest BCUT2D eigenvalue weighted by Gasteiger charge is 2.44. The molecule has 0 bridgehead atoms. The van der Waals surface area contributed by atoms with Crippen LogP contribution in [-0.2, 0) is 25.1 Å². The van der Waals surface area contributed by atoms with Crippen LogP contribution in [0.25, 0.3) is 0 Å². The van der Waals surface area contributed by atoms with E-state index < -0.39 is 25.8 Å². The standard InChI is InChI=1S/C43H57ClFN6O5P.C3H8O2/c1-2-3-4-5-6-7-8-9-10-11-12-13-14-17-36(52-28-34-24-33(27-46)25-35(45)26-34)29-53-57(56-40-19-16-15-18-37(40)44)54-31-43(30-47)23-22-41(55-43)38-20-21-39-42(48)49-32-50-51(38)39;1-3(2,4)5/h15-16,18-21,24-26,36,41,50H,2-14,17,22-23,28-29,31-32H2,1H3,(H2,48,49);4-5H,1-2H3. The Morgan fingerprint density at radius 2 is 1.66 bits per heavy atom. The molecule has 16 heteroatoms. The van der Waals surface area contributed by atoms with E-state index in [2.05, 4.69) is 23.4 Å². The third-order valence-corrected chi connectivity index (χ3v) is 11.7. The predicted molar refractivity (Wildman–Crippen MR) is 240 cm³/mol. The molecule has 0 amide bonds. The van der Waals surface area contributed by atoms with Gasteiger partial charge in [0.25, 0.3) is 0 Å². The molecule has 3 aromatic rings. The summed E-state index contributed by atoms with van der Waals surface area (Å²) in [5, 5.41) is 36.3. The molecule has 5 N–H and O–H groups in total. The maximum absolute atomic E-state index is 14.3. The second-order valence-corrected chi connectivity index (χ2v) is 17.9. The van der Waals surface area contributed by atoms with Gasteiger partial charge in [0.15, 0.2) is 11.4 Å². The number of amidine groups is 1. The first-order chi connectivity index (χ1) is 29.8. The summed E-state index contributed by atoms with van der Waals surface area (Å²) in [7, 11) is -2.08. The van der Waals surface area contributed by atoms with Crippen molar-refractivity contribution < 1.29 is 37.6 Å². The minimum Gasteiger partial charge on any atom is -0.425 e. The summed E-state index contributed by atoms with van der Waals surface area (Å²) in [6.07, 6.45) is 17.2. The van der Waals surface area contributed by atoms with Gasteiger partial charge in [-0.25, -0.2) is 9.38 Å². The Bertz CT molecular complexity index is 1910. The van der Waals surface area contributed by atoms with E-state index >= 15 is 0 Å². The summed E-state index contributed by atoms with van der Waals surface area (Å²) in [5.74, 6) is -1.17.